The van der Waals surface area contributed by atoms with E-state index in [9.17, 15) is 0 Å². The molecule has 0 aromatic heterocycles. The first-order chi connectivity index (χ1) is 10.0. The maximum Gasteiger partial charge on any atom is 0.127 e. The molecular formula is C18H23NO2. The third-order valence-electron chi connectivity index (χ3n) is 3.63. The molecule has 0 amide bonds. The number of ether oxygens (including phenoxy) is 2. The molecule has 0 aliphatic rings. The Bertz CT molecular complexity index is 612. The maximum atomic E-state index is 5.44. The Labute approximate surface area is 126 Å². The molecule has 0 heterocycles. The summed E-state index contributed by atoms with van der Waals surface area (Å²) in [6, 6.07) is 10.3. The summed E-state index contributed by atoms with van der Waals surface area (Å²) in [6.45, 7) is 7.11. The summed E-state index contributed by atoms with van der Waals surface area (Å²) in [5.74, 6) is 1.64. The zero-order valence-electron chi connectivity index (χ0n) is 13.4. The van der Waals surface area contributed by atoms with E-state index in [1.54, 1.807) is 14.2 Å². The van der Waals surface area contributed by atoms with Crippen molar-refractivity contribution in [2.45, 2.75) is 27.3 Å². The molecule has 21 heavy (non-hydrogen) atoms. The van der Waals surface area contributed by atoms with Crippen molar-refractivity contribution < 1.29 is 9.47 Å². The van der Waals surface area contributed by atoms with Gasteiger partial charge in [0.15, 0.2) is 0 Å². The third kappa shape index (κ3) is 3.48. The predicted molar refractivity (Wildman–Crippen MR) is 87.5 cm³/mol. The van der Waals surface area contributed by atoms with Crippen LogP contribution in [-0.4, -0.2) is 14.2 Å². The van der Waals surface area contributed by atoms with Crippen LogP contribution in [0.5, 0.6) is 11.5 Å². The molecule has 0 fully saturated rings. The molecule has 0 radical (unpaired) electrons. The molecule has 0 spiro atoms. The zero-order chi connectivity index (χ0) is 15.4. The molecule has 112 valence electrons. The van der Waals surface area contributed by atoms with Gasteiger partial charge in [-0.15, -0.1) is 0 Å². The Balaban J connectivity index is 2.20. The van der Waals surface area contributed by atoms with E-state index in [0.29, 0.717) is 0 Å². The standard InChI is InChI=1S/C18H23NO2/c1-12-8-13(2)18(14(3)9-12)19-11-15-6-7-16(20-4)10-17(15)21-5/h6-10,19H,11H2,1-5H3. The summed E-state index contributed by atoms with van der Waals surface area (Å²) < 4.78 is 10.7. The van der Waals surface area contributed by atoms with Gasteiger partial charge in [-0.2, -0.15) is 0 Å². The van der Waals surface area contributed by atoms with E-state index in [4.69, 9.17) is 9.47 Å². The first kappa shape index (κ1) is 15.2. The van der Waals surface area contributed by atoms with Gasteiger partial charge in [0.25, 0.3) is 0 Å². The van der Waals surface area contributed by atoms with Crippen molar-refractivity contribution in [2.75, 3.05) is 19.5 Å². The molecule has 1 N–H and O–H groups in total. The molecular weight excluding hydrogens is 262 g/mol. The second kappa shape index (κ2) is 6.53. The van der Waals surface area contributed by atoms with Crippen LogP contribution in [0.3, 0.4) is 0 Å². The van der Waals surface area contributed by atoms with Gasteiger partial charge in [-0.1, -0.05) is 17.7 Å². The smallest absolute Gasteiger partial charge is 0.127 e. The fourth-order valence-corrected chi connectivity index (χ4v) is 2.64. The van der Waals surface area contributed by atoms with Crippen LogP contribution in [0, 0.1) is 20.8 Å². The quantitative estimate of drug-likeness (QED) is 0.891. The van der Waals surface area contributed by atoms with Crippen LogP contribution in [0.25, 0.3) is 0 Å². The van der Waals surface area contributed by atoms with Crippen molar-refractivity contribution in [2.24, 2.45) is 0 Å². The monoisotopic (exact) mass is 285 g/mol. The van der Waals surface area contributed by atoms with E-state index in [0.717, 1.165) is 23.6 Å². The minimum absolute atomic E-state index is 0.720. The molecule has 2 rings (SSSR count). The Morgan fingerprint density at radius 1 is 0.905 bits per heavy atom. The summed E-state index contributed by atoms with van der Waals surface area (Å²) >= 11 is 0. The topological polar surface area (TPSA) is 30.5 Å². The molecule has 0 aliphatic heterocycles. The molecule has 2 aromatic carbocycles. The summed E-state index contributed by atoms with van der Waals surface area (Å²) in [5.41, 5.74) is 6.12. The summed E-state index contributed by atoms with van der Waals surface area (Å²) in [7, 11) is 3.34. The Kier molecular flexibility index (Phi) is 4.73. The van der Waals surface area contributed by atoms with Crippen LogP contribution in [0.2, 0.25) is 0 Å². The molecule has 0 saturated heterocycles. The number of rotatable bonds is 5. The van der Waals surface area contributed by atoms with Crippen LogP contribution in [-0.2, 0) is 6.54 Å². The SMILES string of the molecule is COc1ccc(CNc2c(C)cc(C)cc2C)c(OC)c1. The first-order valence-electron chi connectivity index (χ1n) is 7.07. The van der Waals surface area contributed by atoms with Crippen molar-refractivity contribution in [3.8, 4) is 11.5 Å². The molecule has 3 nitrogen and oxygen atoms in total. The minimum Gasteiger partial charge on any atom is -0.497 e. The van der Waals surface area contributed by atoms with E-state index in [2.05, 4.69) is 38.2 Å². The van der Waals surface area contributed by atoms with Crippen molar-refractivity contribution in [1.82, 2.24) is 0 Å². The fraction of sp³-hybridized carbons (Fsp3) is 0.333. The highest BCUT2D eigenvalue weighted by Gasteiger charge is 2.07. The van der Waals surface area contributed by atoms with Gasteiger partial charge in [-0.05, 0) is 44.0 Å². The number of anilines is 1. The Morgan fingerprint density at radius 2 is 1.57 bits per heavy atom. The molecule has 0 saturated carbocycles. The van der Waals surface area contributed by atoms with Crippen molar-refractivity contribution in [3.05, 3.63) is 52.6 Å². The molecule has 0 aliphatic carbocycles. The van der Waals surface area contributed by atoms with Crippen LogP contribution in [0.1, 0.15) is 22.3 Å². The van der Waals surface area contributed by atoms with E-state index in [1.807, 2.05) is 18.2 Å². The highest BCUT2D eigenvalue weighted by Crippen LogP contribution is 2.27. The first-order valence-corrected chi connectivity index (χ1v) is 7.07. The van der Waals surface area contributed by atoms with E-state index in [1.165, 1.54) is 22.4 Å². The lowest BCUT2D eigenvalue weighted by atomic mass is 10.0. The van der Waals surface area contributed by atoms with Gasteiger partial charge in [0.05, 0.1) is 14.2 Å². The average molecular weight is 285 g/mol. The lowest BCUT2D eigenvalue weighted by Gasteiger charge is -2.16. The van der Waals surface area contributed by atoms with Gasteiger partial charge < -0.3 is 14.8 Å². The highest BCUT2D eigenvalue weighted by atomic mass is 16.5. The van der Waals surface area contributed by atoms with Gasteiger partial charge in [-0.25, -0.2) is 0 Å². The summed E-state index contributed by atoms with van der Waals surface area (Å²) in [4.78, 5) is 0. The second-order valence-corrected chi connectivity index (χ2v) is 5.31. The number of benzene rings is 2. The molecule has 2 aromatic rings. The normalized spacial score (nSPS) is 10.3. The van der Waals surface area contributed by atoms with Crippen molar-refractivity contribution in [1.29, 1.82) is 0 Å². The van der Waals surface area contributed by atoms with E-state index >= 15 is 0 Å². The zero-order valence-corrected chi connectivity index (χ0v) is 13.4. The van der Waals surface area contributed by atoms with Gasteiger partial charge in [0.1, 0.15) is 11.5 Å². The second-order valence-electron chi connectivity index (χ2n) is 5.31. The average Bonchev–Trinajstić information content (AvgIpc) is 2.46. The van der Waals surface area contributed by atoms with E-state index < -0.39 is 0 Å². The minimum atomic E-state index is 0.720. The van der Waals surface area contributed by atoms with Crippen LogP contribution in [0.4, 0.5) is 5.69 Å². The lowest BCUT2D eigenvalue weighted by Crippen LogP contribution is -2.05. The number of hydrogen-bond donors (Lipinski definition) is 1. The summed E-state index contributed by atoms with van der Waals surface area (Å²) in [6.07, 6.45) is 0. The maximum absolute atomic E-state index is 5.44. The highest BCUT2D eigenvalue weighted by molar-refractivity contribution is 5.58. The molecule has 0 unspecified atom stereocenters. The summed E-state index contributed by atoms with van der Waals surface area (Å²) in [5, 5.41) is 3.52. The lowest BCUT2D eigenvalue weighted by molar-refractivity contribution is 0.391. The fourth-order valence-electron chi connectivity index (χ4n) is 2.64. The molecule has 3 heteroatoms. The number of aryl methyl sites for hydroxylation is 3. The number of nitrogens with one attached hydrogen (secondary N) is 1. The largest absolute Gasteiger partial charge is 0.497 e. The Hall–Kier alpha value is -2.16. The number of methoxy groups -OCH3 is 2. The molecule has 0 bridgehead atoms. The molecule has 0 atom stereocenters. The van der Waals surface area contributed by atoms with Crippen molar-refractivity contribution in [3.63, 3.8) is 0 Å². The van der Waals surface area contributed by atoms with Crippen LogP contribution < -0.4 is 14.8 Å². The van der Waals surface area contributed by atoms with Gasteiger partial charge in [0, 0.05) is 23.9 Å². The van der Waals surface area contributed by atoms with Gasteiger partial charge in [0.2, 0.25) is 0 Å². The van der Waals surface area contributed by atoms with Gasteiger partial charge >= 0.3 is 0 Å². The van der Waals surface area contributed by atoms with Crippen LogP contribution in [0.15, 0.2) is 30.3 Å². The third-order valence-corrected chi connectivity index (χ3v) is 3.63. The van der Waals surface area contributed by atoms with Crippen LogP contribution >= 0.6 is 0 Å². The van der Waals surface area contributed by atoms with Gasteiger partial charge in [-0.3, -0.25) is 0 Å². The van der Waals surface area contributed by atoms with Crippen molar-refractivity contribution >= 4 is 5.69 Å². The number of hydrogen-bond acceptors (Lipinski definition) is 3. The van der Waals surface area contributed by atoms with E-state index in [-0.39, 0.29) is 0 Å². The predicted octanol–water partition coefficient (Wildman–Crippen LogP) is 4.24. The Morgan fingerprint density at radius 3 is 2.14 bits per heavy atom.